The van der Waals surface area contributed by atoms with Crippen molar-refractivity contribution >= 4 is 11.6 Å². The molecule has 2 atom stereocenters. The number of nitrogens with one attached hydrogen (secondary N) is 1. The fourth-order valence-corrected chi connectivity index (χ4v) is 2.72. The van der Waals surface area contributed by atoms with E-state index in [1.807, 2.05) is 18.2 Å². The van der Waals surface area contributed by atoms with E-state index in [4.69, 9.17) is 9.47 Å². The highest BCUT2D eigenvalue weighted by molar-refractivity contribution is 5.88. The number of ether oxygens (including phenoxy) is 2. The van der Waals surface area contributed by atoms with Crippen molar-refractivity contribution in [3.8, 4) is 11.5 Å². The molecule has 1 heterocycles. The van der Waals surface area contributed by atoms with Crippen molar-refractivity contribution in [3.05, 3.63) is 24.3 Å². The molecule has 1 aliphatic heterocycles. The van der Waals surface area contributed by atoms with Crippen molar-refractivity contribution in [1.82, 2.24) is 5.43 Å². The van der Waals surface area contributed by atoms with Gasteiger partial charge >= 0.3 is 0 Å². The molecule has 1 saturated carbocycles. The van der Waals surface area contributed by atoms with Crippen LogP contribution in [0, 0.1) is 5.92 Å². The zero-order chi connectivity index (χ0) is 14.7. The second kappa shape index (κ2) is 6.16. The third-order valence-corrected chi connectivity index (χ3v) is 3.87. The average molecular weight is 288 g/mol. The van der Waals surface area contributed by atoms with E-state index in [1.165, 1.54) is 6.42 Å². The fraction of sp³-hybridized carbons (Fsp3) is 0.500. The Bertz CT molecular complexity index is 556. The van der Waals surface area contributed by atoms with Gasteiger partial charge in [0.25, 0.3) is 5.91 Å². The molecule has 5 nitrogen and oxygen atoms in total. The first-order valence-corrected chi connectivity index (χ1v) is 7.46. The van der Waals surface area contributed by atoms with Gasteiger partial charge in [0.1, 0.15) is 6.61 Å². The highest BCUT2D eigenvalue weighted by Crippen LogP contribution is 2.30. The first kappa shape index (κ1) is 13.9. The van der Waals surface area contributed by atoms with Crippen molar-refractivity contribution in [1.29, 1.82) is 0 Å². The molecule has 0 aromatic heterocycles. The van der Waals surface area contributed by atoms with Crippen molar-refractivity contribution < 1.29 is 14.3 Å². The van der Waals surface area contributed by atoms with Crippen LogP contribution < -0.4 is 14.9 Å². The van der Waals surface area contributed by atoms with Gasteiger partial charge in [-0.1, -0.05) is 19.1 Å². The lowest BCUT2D eigenvalue weighted by Crippen LogP contribution is -2.42. The summed E-state index contributed by atoms with van der Waals surface area (Å²) in [6.45, 7) is 2.43. The maximum Gasteiger partial charge on any atom is 0.284 e. The number of carbonyl (C=O) groups is 1. The number of rotatable bonds is 2. The molecule has 0 spiro atoms. The van der Waals surface area contributed by atoms with E-state index >= 15 is 0 Å². The summed E-state index contributed by atoms with van der Waals surface area (Å²) in [6.07, 6.45) is 3.67. The SMILES string of the molecule is C[C@H]1CCC/C(=N/NC(=O)[C@H]2COc3ccccc3O2)C1. The second-order valence-electron chi connectivity index (χ2n) is 5.72. The Hall–Kier alpha value is -2.04. The lowest BCUT2D eigenvalue weighted by molar-refractivity contribution is -0.130. The first-order chi connectivity index (χ1) is 10.2. The zero-order valence-electron chi connectivity index (χ0n) is 12.2. The molecule has 1 fully saturated rings. The van der Waals surface area contributed by atoms with Crippen LogP contribution in [0.5, 0.6) is 11.5 Å². The summed E-state index contributed by atoms with van der Waals surface area (Å²) in [5.41, 5.74) is 3.69. The number of nitrogens with zero attached hydrogens (tertiary/aromatic N) is 1. The van der Waals surface area contributed by atoms with E-state index in [9.17, 15) is 4.79 Å². The quantitative estimate of drug-likeness (QED) is 0.851. The molecule has 1 amide bonds. The normalized spacial score (nSPS) is 26.4. The van der Waals surface area contributed by atoms with Crippen molar-refractivity contribution in [2.75, 3.05) is 6.61 Å². The van der Waals surface area contributed by atoms with Gasteiger partial charge in [0, 0.05) is 5.71 Å². The highest BCUT2D eigenvalue weighted by atomic mass is 16.6. The first-order valence-electron chi connectivity index (χ1n) is 7.46. The molecule has 2 aliphatic rings. The molecule has 112 valence electrons. The summed E-state index contributed by atoms with van der Waals surface area (Å²) in [6, 6.07) is 7.35. The number of fused-ring (bicyclic) bond motifs is 1. The molecular weight excluding hydrogens is 268 g/mol. The Morgan fingerprint density at radius 2 is 2.14 bits per heavy atom. The summed E-state index contributed by atoms with van der Waals surface area (Å²) in [7, 11) is 0. The maximum absolute atomic E-state index is 12.1. The number of hydrogen-bond acceptors (Lipinski definition) is 4. The number of carbonyl (C=O) groups excluding carboxylic acids is 1. The highest BCUT2D eigenvalue weighted by Gasteiger charge is 2.27. The van der Waals surface area contributed by atoms with Crippen LogP contribution in [0.15, 0.2) is 29.4 Å². The standard InChI is InChI=1S/C16H20N2O3/c1-11-5-4-6-12(9-11)17-18-16(19)15-10-20-13-7-2-3-8-14(13)21-15/h2-3,7-8,11,15H,4-6,9-10H2,1H3,(H,18,19)/b17-12-/t11-,15+/m0/s1. The van der Waals surface area contributed by atoms with Crippen LogP contribution in [0.1, 0.15) is 32.6 Å². The lowest BCUT2D eigenvalue weighted by Gasteiger charge is -2.25. The predicted octanol–water partition coefficient (Wildman–Crippen LogP) is 2.51. The smallest absolute Gasteiger partial charge is 0.284 e. The summed E-state index contributed by atoms with van der Waals surface area (Å²) in [5, 5.41) is 4.25. The van der Waals surface area contributed by atoms with Crippen molar-refractivity contribution in [2.45, 2.75) is 38.7 Å². The zero-order valence-corrected chi connectivity index (χ0v) is 12.2. The van der Waals surface area contributed by atoms with Crippen molar-refractivity contribution in [2.24, 2.45) is 11.0 Å². The molecule has 21 heavy (non-hydrogen) atoms. The van der Waals surface area contributed by atoms with Crippen LogP contribution in [-0.2, 0) is 4.79 Å². The molecule has 0 radical (unpaired) electrons. The summed E-state index contributed by atoms with van der Waals surface area (Å²) >= 11 is 0. The van der Waals surface area contributed by atoms with E-state index in [1.54, 1.807) is 6.07 Å². The van der Waals surface area contributed by atoms with Crippen LogP contribution in [0.4, 0.5) is 0 Å². The molecule has 5 heteroatoms. The van der Waals surface area contributed by atoms with E-state index < -0.39 is 6.10 Å². The number of para-hydroxylation sites is 2. The minimum Gasteiger partial charge on any atom is -0.485 e. The van der Waals surface area contributed by atoms with Gasteiger partial charge < -0.3 is 9.47 Å². The number of hydrazone groups is 1. The van der Waals surface area contributed by atoms with Crippen LogP contribution >= 0.6 is 0 Å². The van der Waals surface area contributed by atoms with Crippen LogP contribution in [0.25, 0.3) is 0 Å². The monoisotopic (exact) mass is 288 g/mol. The Kier molecular flexibility index (Phi) is 4.08. The molecule has 1 aliphatic carbocycles. The van der Waals surface area contributed by atoms with E-state index in [-0.39, 0.29) is 12.5 Å². The summed E-state index contributed by atoms with van der Waals surface area (Å²) in [4.78, 5) is 12.1. The second-order valence-corrected chi connectivity index (χ2v) is 5.72. The number of benzene rings is 1. The topological polar surface area (TPSA) is 59.9 Å². The van der Waals surface area contributed by atoms with Gasteiger partial charge in [-0.25, -0.2) is 5.43 Å². The van der Waals surface area contributed by atoms with Crippen molar-refractivity contribution in [3.63, 3.8) is 0 Å². The van der Waals surface area contributed by atoms with Gasteiger partial charge in [0.2, 0.25) is 6.10 Å². The van der Waals surface area contributed by atoms with Crippen LogP contribution in [0.3, 0.4) is 0 Å². The van der Waals surface area contributed by atoms with Gasteiger partial charge in [-0.05, 0) is 43.7 Å². The fourth-order valence-electron chi connectivity index (χ4n) is 2.72. The predicted molar refractivity (Wildman–Crippen MR) is 79.6 cm³/mol. The van der Waals surface area contributed by atoms with Crippen LogP contribution in [0.2, 0.25) is 0 Å². The maximum atomic E-state index is 12.1. The lowest BCUT2D eigenvalue weighted by atomic mass is 9.89. The molecule has 0 saturated heterocycles. The Morgan fingerprint density at radius 3 is 2.95 bits per heavy atom. The largest absolute Gasteiger partial charge is 0.485 e. The molecule has 3 rings (SSSR count). The van der Waals surface area contributed by atoms with Gasteiger partial charge in [-0.15, -0.1) is 0 Å². The van der Waals surface area contributed by atoms with E-state index in [0.717, 1.165) is 25.0 Å². The molecule has 1 N–H and O–H groups in total. The van der Waals surface area contributed by atoms with E-state index in [2.05, 4.69) is 17.5 Å². The number of hydrogen-bond donors (Lipinski definition) is 1. The van der Waals surface area contributed by atoms with Gasteiger partial charge in [-0.3, -0.25) is 4.79 Å². The van der Waals surface area contributed by atoms with E-state index in [0.29, 0.717) is 17.4 Å². The molecular formula is C16H20N2O3. The minimum absolute atomic E-state index is 0.212. The molecule has 1 aromatic carbocycles. The van der Waals surface area contributed by atoms with Gasteiger partial charge in [0.05, 0.1) is 0 Å². The molecule has 0 bridgehead atoms. The number of amides is 1. The van der Waals surface area contributed by atoms with Crippen LogP contribution in [-0.4, -0.2) is 24.3 Å². The minimum atomic E-state index is -0.648. The Morgan fingerprint density at radius 1 is 1.33 bits per heavy atom. The Labute approximate surface area is 124 Å². The average Bonchev–Trinajstić information content (AvgIpc) is 2.52. The summed E-state index contributed by atoms with van der Waals surface area (Å²) < 4.78 is 11.2. The van der Waals surface area contributed by atoms with Gasteiger partial charge in [-0.2, -0.15) is 5.10 Å². The Balaban J connectivity index is 1.58. The third-order valence-electron chi connectivity index (χ3n) is 3.87. The molecule has 1 aromatic rings. The molecule has 0 unspecified atom stereocenters. The summed E-state index contributed by atoms with van der Waals surface area (Å²) in [5.74, 6) is 1.67. The third kappa shape index (κ3) is 3.35. The van der Waals surface area contributed by atoms with Gasteiger partial charge in [0.15, 0.2) is 11.5 Å².